The molecule has 3 aromatic rings. The molecular weight excluding hydrogens is 326 g/mol. The van der Waals surface area contributed by atoms with E-state index in [-0.39, 0.29) is 5.97 Å². The first-order valence-electron chi connectivity index (χ1n) is 8.46. The Kier molecular flexibility index (Phi) is 3.88. The molecule has 1 unspecified atom stereocenters. The minimum Gasteiger partial charge on any atom is -0.465 e. The van der Waals surface area contributed by atoms with Gasteiger partial charge in [0.05, 0.1) is 18.4 Å². The van der Waals surface area contributed by atoms with Gasteiger partial charge in [-0.1, -0.05) is 48.5 Å². The second kappa shape index (κ2) is 6.23. The van der Waals surface area contributed by atoms with Crippen LogP contribution in [0.3, 0.4) is 0 Å². The summed E-state index contributed by atoms with van der Waals surface area (Å²) in [6.45, 7) is 2.12. The van der Waals surface area contributed by atoms with E-state index in [1.807, 2.05) is 65.7 Å². The summed E-state index contributed by atoms with van der Waals surface area (Å²) in [5.41, 5.74) is 3.07. The van der Waals surface area contributed by atoms with Crippen molar-refractivity contribution in [2.75, 3.05) is 12.2 Å². The smallest absolute Gasteiger partial charge is 0.337 e. The fourth-order valence-electron chi connectivity index (χ4n) is 3.44. The summed E-state index contributed by atoms with van der Waals surface area (Å²) in [6.07, 6.45) is 0. The van der Waals surface area contributed by atoms with Crippen molar-refractivity contribution in [3.8, 4) is 5.75 Å². The van der Waals surface area contributed by atoms with Crippen LogP contribution in [0, 0.1) is 0 Å². The Morgan fingerprint density at radius 3 is 2.27 bits per heavy atom. The lowest BCUT2D eigenvalue weighted by Gasteiger charge is -2.35. The Morgan fingerprint density at radius 1 is 0.923 bits per heavy atom. The number of para-hydroxylation sites is 2. The van der Waals surface area contributed by atoms with Crippen LogP contribution in [0.1, 0.15) is 28.4 Å². The Morgan fingerprint density at radius 2 is 1.58 bits per heavy atom. The van der Waals surface area contributed by atoms with E-state index in [1.54, 1.807) is 12.1 Å². The highest BCUT2D eigenvalue weighted by Crippen LogP contribution is 2.48. The molecule has 0 spiro atoms. The quantitative estimate of drug-likeness (QED) is 0.653. The van der Waals surface area contributed by atoms with E-state index >= 15 is 0 Å². The number of fused-ring (bicyclic) bond motifs is 1. The number of benzene rings is 3. The second-order valence-corrected chi connectivity index (χ2v) is 6.36. The maximum absolute atomic E-state index is 11.8. The summed E-state index contributed by atoms with van der Waals surface area (Å²) in [4.78, 5) is 18.0. The molecule has 1 heterocycles. The number of rotatable bonds is 3. The van der Waals surface area contributed by atoms with Crippen molar-refractivity contribution in [3.05, 3.63) is 95.6 Å². The summed E-state index contributed by atoms with van der Waals surface area (Å²) in [5, 5.41) is 1.92. The molecule has 0 N–H and O–H groups in total. The summed E-state index contributed by atoms with van der Waals surface area (Å²) < 4.78 is 4.80. The maximum atomic E-state index is 11.8. The predicted octanol–water partition coefficient (Wildman–Crippen LogP) is 4.55. The lowest BCUT2D eigenvalue weighted by molar-refractivity contribution is 0.0600. The van der Waals surface area contributed by atoms with Gasteiger partial charge in [0.2, 0.25) is 0 Å². The molecule has 0 fully saturated rings. The van der Waals surface area contributed by atoms with Gasteiger partial charge < -0.3 is 9.57 Å². The lowest BCUT2D eigenvalue weighted by Crippen LogP contribution is -2.42. The normalized spacial score (nSPS) is 18.2. The average Bonchev–Trinajstić information content (AvgIpc) is 3.02. The van der Waals surface area contributed by atoms with Crippen molar-refractivity contribution in [1.29, 1.82) is 0 Å². The van der Waals surface area contributed by atoms with Gasteiger partial charge in [0.25, 0.3) is 0 Å². The molecule has 0 saturated carbocycles. The Balaban J connectivity index is 1.85. The number of hydrogen-bond acceptors (Lipinski definition) is 4. The van der Waals surface area contributed by atoms with E-state index in [9.17, 15) is 4.79 Å². The lowest BCUT2D eigenvalue weighted by atomic mass is 9.84. The van der Waals surface area contributed by atoms with Crippen LogP contribution in [0.4, 0.5) is 5.69 Å². The van der Waals surface area contributed by atoms with Gasteiger partial charge in [0.15, 0.2) is 5.75 Å². The third-order valence-corrected chi connectivity index (χ3v) is 4.87. The molecule has 4 rings (SSSR count). The van der Waals surface area contributed by atoms with Crippen molar-refractivity contribution in [2.24, 2.45) is 0 Å². The number of hydrogen-bond donors (Lipinski definition) is 0. The topological polar surface area (TPSA) is 38.8 Å². The highest BCUT2D eigenvalue weighted by molar-refractivity contribution is 5.89. The molecule has 4 heteroatoms. The monoisotopic (exact) mass is 345 g/mol. The van der Waals surface area contributed by atoms with E-state index in [2.05, 4.69) is 13.0 Å². The van der Waals surface area contributed by atoms with Gasteiger partial charge in [0.1, 0.15) is 5.54 Å². The zero-order chi connectivity index (χ0) is 18.1. The first-order valence-corrected chi connectivity index (χ1v) is 8.46. The van der Waals surface area contributed by atoms with Crippen LogP contribution in [-0.2, 0) is 10.3 Å². The van der Waals surface area contributed by atoms with Crippen molar-refractivity contribution >= 4 is 11.7 Å². The van der Waals surface area contributed by atoms with Gasteiger partial charge in [-0.25, -0.2) is 4.79 Å². The van der Waals surface area contributed by atoms with Crippen LogP contribution >= 0.6 is 0 Å². The molecule has 0 radical (unpaired) electrons. The van der Waals surface area contributed by atoms with Gasteiger partial charge in [0, 0.05) is 5.56 Å². The van der Waals surface area contributed by atoms with E-state index in [4.69, 9.17) is 9.57 Å². The van der Waals surface area contributed by atoms with E-state index in [1.165, 1.54) is 7.11 Å². The number of ether oxygens (including phenoxy) is 1. The zero-order valence-electron chi connectivity index (χ0n) is 14.7. The van der Waals surface area contributed by atoms with Gasteiger partial charge in [-0.15, -0.1) is 0 Å². The number of carbonyl (C=O) groups excluding carboxylic acids is 1. The minimum absolute atomic E-state index is 0.343. The van der Waals surface area contributed by atoms with Gasteiger partial charge >= 0.3 is 5.97 Å². The number of methoxy groups -OCH3 is 1. The number of carbonyl (C=O) groups is 1. The number of esters is 1. The molecule has 1 aliphatic rings. The average molecular weight is 345 g/mol. The van der Waals surface area contributed by atoms with Crippen LogP contribution in [0.2, 0.25) is 0 Å². The predicted molar refractivity (Wildman–Crippen MR) is 100 cm³/mol. The highest BCUT2D eigenvalue weighted by Gasteiger charge is 2.45. The molecule has 0 saturated heterocycles. The fraction of sp³-hybridized carbons (Fsp3) is 0.136. The highest BCUT2D eigenvalue weighted by atomic mass is 16.7. The Labute approximate surface area is 152 Å². The largest absolute Gasteiger partial charge is 0.465 e. The molecule has 0 amide bonds. The van der Waals surface area contributed by atoms with Crippen LogP contribution in [-0.4, -0.2) is 13.1 Å². The SMILES string of the molecule is COC(=O)c1ccc(C2(C)c3ccccc3ON2c2ccccc2)cc1. The number of nitrogens with zero attached hydrogens (tertiary/aromatic N) is 1. The van der Waals surface area contributed by atoms with Gasteiger partial charge in [-0.2, -0.15) is 5.06 Å². The van der Waals surface area contributed by atoms with Gasteiger partial charge in [-0.3, -0.25) is 0 Å². The molecule has 26 heavy (non-hydrogen) atoms. The molecule has 0 aromatic heterocycles. The Hall–Kier alpha value is -3.27. The maximum Gasteiger partial charge on any atom is 0.337 e. The summed E-state index contributed by atoms with van der Waals surface area (Å²) in [7, 11) is 1.38. The van der Waals surface area contributed by atoms with Gasteiger partial charge in [-0.05, 0) is 42.8 Å². The van der Waals surface area contributed by atoms with E-state index in [0.29, 0.717) is 5.56 Å². The standard InChI is InChI=1S/C22H19NO3/c1-22(17-14-12-16(13-15-17)21(24)25-2)19-10-6-7-11-20(19)26-23(22)18-8-4-3-5-9-18/h3-15H,1-2H3. The number of hydroxylamine groups is 1. The third kappa shape index (κ3) is 2.42. The fourth-order valence-corrected chi connectivity index (χ4v) is 3.44. The molecule has 0 bridgehead atoms. The Bertz CT molecular complexity index is 937. The molecule has 1 aliphatic heterocycles. The first kappa shape index (κ1) is 16.2. The second-order valence-electron chi connectivity index (χ2n) is 6.36. The molecule has 130 valence electrons. The summed E-state index contributed by atoms with van der Waals surface area (Å²) in [5.74, 6) is 0.487. The van der Waals surface area contributed by atoms with Crippen LogP contribution in [0.15, 0.2) is 78.9 Å². The molecule has 1 atom stereocenters. The first-order chi connectivity index (χ1) is 12.6. The van der Waals surface area contributed by atoms with Crippen LogP contribution < -0.4 is 9.90 Å². The molecule has 4 nitrogen and oxygen atoms in total. The van der Waals surface area contributed by atoms with Crippen LogP contribution in [0.25, 0.3) is 0 Å². The zero-order valence-corrected chi connectivity index (χ0v) is 14.7. The summed E-state index contributed by atoms with van der Waals surface area (Å²) >= 11 is 0. The molecule has 3 aromatic carbocycles. The van der Waals surface area contributed by atoms with Crippen molar-refractivity contribution < 1.29 is 14.4 Å². The number of anilines is 1. The van der Waals surface area contributed by atoms with E-state index < -0.39 is 5.54 Å². The summed E-state index contributed by atoms with van der Waals surface area (Å²) in [6, 6.07) is 25.5. The van der Waals surface area contributed by atoms with Crippen LogP contribution in [0.5, 0.6) is 5.75 Å². The van der Waals surface area contributed by atoms with E-state index in [0.717, 1.165) is 22.6 Å². The third-order valence-electron chi connectivity index (χ3n) is 4.87. The van der Waals surface area contributed by atoms with Crippen molar-refractivity contribution in [2.45, 2.75) is 12.5 Å². The minimum atomic E-state index is -0.521. The molecular formula is C22H19NO3. The van der Waals surface area contributed by atoms with Crippen molar-refractivity contribution in [3.63, 3.8) is 0 Å². The van der Waals surface area contributed by atoms with Crippen molar-refractivity contribution in [1.82, 2.24) is 0 Å². The molecule has 0 aliphatic carbocycles.